The van der Waals surface area contributed by atoms with Gasteiger partial charge in [0.05, 0.1) is 51.1 Å². The molecule has 0 saturated carbocycles. The number of nitrogens with two attached hydrogens (primary N) is 1. The fourth-order valence-corrected chi connectivity index (χ4v) is 6.08. The van der Waals surface area contributed by atoms with Crippen LogP contribution in [0.5, 0.6) is 0 Å². The molecule has 52 heavy (non-hydrogen) atoms. The molecule has 2 unspecified atom stereocenters. The van der Waals surface area contributed by atoms with E-state index in [1.807, 2.05) is 0 Å². The molecular formula is C38H28F2N8O4. The Morgan fingerprint density at radius 1 is 0.596 bits per heavy atom. The Morgan fingerprint density at radius 2 is 1.04 bits per heavy atom. The van der Waals surface area contributed by atoms with Gasteiger partial charge in [-0.3, -0.25) is 42.8 Å². The highest BCUT2D eigenvalue weighted by Crippen LogP contribution is 2.33. The van der Waals surface area contributed by atoms with Crippen LogP contribution >= 0.6 is 0 Å². The molecule has 2 amide bonds. The van der Waals surface area contributed by atoms with Gasteiger partial charge in [-0.15, -0.1) is 0 Å². The molecule has 6 aromatic heterocycles. The zero-order valence-electron chi connectivity index (χ0n) is 27.6. The van der Waals surface area contributed by atoms with Crippen molar-refractivity contribution in [3.63, 3.8) is 0 Å². The van der Waals surface area contributed by atoms with Crippen molar-refractivity contribution in [1.29, 1.82) is 0 Å². The average Bonchev–Trinajstić information content (AvgIpc) is 3.41. The molecule has 2 atom stereocenters. The van der Waals surface area contributed by atoms with Crippen molar-refractivity contribution in [2.45, 2.75) is 25.9 Å². The molecule has 0 bridgehead atoms. The maximum Gasteiger partial charge on any atom is 0.267 e. The Bertz CT molecular complexity index is 2610. The van der Waals surface area contributed by atoms with E-state index in [0.717, 1.165) is 21.7 Å². The summed E-state index contributed by atoms with van der Waals surface area (Å²) >= 11 is 0. The molecule has 12 nitrogen and oxygen atoms in total. The number of pyridine rings is 4. The number of amides is 2. The van der Waals surface area contributed by atoms with Crippen LogP contribution < -0.4 is 16.9 Å². The predicted octanol–water partition coefficient (Wildman–Crippen LogP) is 5.17. The monoisotopic (exact) mass is 698 g/mol. The first kappa shape index (κ1) is 33.7. The standard InChI is InChI=1S/C23H15FN4O3.C15H13FN4O/c1-13(28-21(29)15-6-2-3-7-16(15)22(28)30)20-19(17-8-4-5-11-25-17)23(31)27-12-14(24)9-10-18(27)26-20;1-9(17)14-13(11-4-2-3-7-18-11)15(21)20-8-10(16)5-6-12(20)19-14/h2-13H,1H3;2-9H,17H2,1H3. The summed E-state index contributed by atoms with van der Waals surface area (Å²) in [7, 11) is 0. The molecule has 0 fully saturated rings. The molecule has 0 aliphatic carbocycles. The van der Waals surface area contributed by atoms with E-state index in [2.05, 4.69) is 19.9 Å². The molecule has 0 radical (unpaired) electrons. The van der Waals surface area contributed by atoms with E-state index in [0.29, 0.717) is 39.4 Å². The summed E-state index contributed by atoms with van der Waals surface area (Å²) in [4.78, 5) is 70.4. The largest absolute Gasteiger partial charge is 0.323 e. The lowest BCUT2D eigenvalue weighted by molar-refractivity contribution is 0.0592. The van der Waals surface area contributed by atoms with Gasteiger partial charge < -0.3 is 5.73 Å². The van der Waals surface area contributed by atoms with Crippen LogP contribution in [0.15, 0.2) is 119 Å². The lowest BCUT2D eigenvalue weighted by atomic mass is 10.0. The second-order valence-corrected chi connectivity index (χ2v) is 11.9. The number of carbonyl (C=O) groups is 2. The SMILES string of the molecule is CC(N)c1nc2ccc(F)cn2c(=O)c1-c1ccccn1.CC(c1nc2ccc(F)cn2c(=O)c1-c1ccccn1)N1C(=O)c2ccccc2C1=O. The topological polar surface area (TPSA) is 158 Å². The molecule has 8 rings (SSSR count). The molecule has 7 aromatic rings. The van der Waals surface area contributed by atoms with E-state index in [4.69, 9.17) is 5.73 Å². The van der Waals surface area contributed by atoms with Gasteiger partial charge in [0, 0.05) is 30.8 Å². The van der Waals surface area contributed by atoms with E-state index in [-0.39, 0.29) is 22.5 Å². The minimum Gasteiger partial charge on any atom is -0.323 e. The van der Waals surface area contributed by atoms with Gasteiger partial charge in [-0.05, 0) is 74.5 Å². The molecule has 1 aromatic carbocycles. The number of hydrogen-bond donors (Lipinski definition) is 1. The van der Waals surface area contributed by atoms with E-state index < -0.39 is 41.1 Å². The van der Waals surface area contributed by atoms with Crippen LogP contribution in [0.4, 0.5) is 8.78 Å². The minimum atomic E-state index is -0.854. The second-order valence-electron chi connectivity index (χ2n) is 11.9. The first-order valence-electron chi connectivity index (χ1n) is 16.0. The Balaban J connectivity index is 0.000000175. The maximum atomic E-state index is 13.8. The third-order valence-electron chi connectivity index (χ3n) is 8.51. The maximum absolute atomic E-state index is 13.8. The van der Waals surface area contributed by atoms with E-state index in [9.17, 15) is 28.0 Å². The van der Waals surface area contributed by atoms with Crippen LogP contribution in [0.3, 0.4) is 0 Å². The smallest absolute Gasteiger partial charge is 0.267 e. The van der Waals surface area contributed by atoms with Gasteiger partial charge in [-0.2, -0.15) is 0 Å². The van der Waals surface area contributed by atoms with Gasteiger partial charge in [0.25, 0.3) is 22.9 Å². The van der Waals surface area contributed by atoms with Gasteiger partial charge in [0.2, 0.25) is 0 Å². The molecule has 258 valence electrons. The van der Waals surface area contributed by atoms with E-state index in [1.54, 1.807) is 80.7 Å². The van der Waals surface area contributed by atoms with Crippen molar-refractivity contribution in [3.05, 3.63) is 165 Å². The second kappa shape index (κ2) is 13.5. The first-order valence-corrected chi connectivity index (χ1v) is 16.0. The average molecular weight is 699 g/mol. The highest BCUT2D eigenvalue weighted by molar-refractivity contribution is 6.21. The zero-order valence-corrected chi connectivity index (χ0v) is 27.6. The summed E-state index contributed by atoms with van der Waals surface area (Å²) in [6, 6.07) is 20.8. The molecule has 7 heterocycles. The molecule has 0 spiro atoms. The molecule has 0 saturated heterocycles. The fraction of sp³-hybridized carbons (Fsp3) is 0.105. The van der Waals surface area contributed by atoms with Crippen LogP contribution in [0.25, 0.3) is 33.8 Å². The lowest BCUT2D eigenvalue weighted by Gasteiger charge is -2.24. The van der Waals surface area contributed by atoms with Crippen LogP contribution in [0, 0.1) is 11.6 Å². The molecular weight excluding hydrogens is 670 g/mol. The number of halogens is 2. The number of aromatic nitrogens is 6. The third-order valence-corrected chi connectivity index (χ3v) is 8.51. The lowest BCUT2D eigenvalue weighted by Crippen LogP contribution is -2.35. The number of imide groups is 1. The minimum absolute atomic E-state index is 0.104. The van der Waals surface area contributed by atoms with Crippen molar-refractivity contribution in [3.8, 4) is 22.5 Å². The summed E-state index contributed by atoms with van der Waals surface area (Å²) in [6.07, 6.45) is 5.27. The highest BCUT2D eigenvalue weighted by Gasteiger charge is 2.40. The number of rotatable bonds is 5. The zero-order chi connectivity index (χ0) is 36.7. The summed E-state index contributed by atoms with van der Waals surface area (Å²) in [5.74, 6) is -2.02. The summed E-state index contributed by atoms with van der Waals surface area (Å²) < 4.78 is 29.5. The Hall–Kier alpha value is -6.80. The van der Waals surface area contributed by atoms with E-state index >= 15 is 0 Å². The van der Waals surface area contributed by atoms with Gasteiger partial charge in [0.1, 0.15) is 22.9 Å². The Kier molecular flexibility index (Phi) is 8.74. The van der Waals surface area contributed by atoms with Gasteiger partial charge in [-0.1, -0.05) is 24.3 Å². The number of carbonyl (C=O) groups excluding carboxylic acids is 2. The summed E-state index contributed by atoms with van der Waals surface area (Å²) in [5, 5.41) is 0. The van der Waals surface area contributed by atoms with Crippen LogP contribution in [-0.2, 0) is 0 Å². The number of hydrogen-bond acceptors (Lipinski definition) is 9. The quantitative estimate of drug-likeness (QED) is 0.240. The normalized spacial score (nSPS) is 13.5. The van der Waals surface area contributed by atoms with Crippen molar-refractivity contribution in [1.82, 2.24) is 33.6 Å². The van der Waals surface area contributed by atoms with Crippen LogP contribution in [0.2, 0.25) is 0 Å². The number of nitrogens with zero attached hydrogens (tertiary/aromatic N) is 7. The third kappa shape index (κ3) is 5.90. The number of benzene rings is 1. The van der Waals surface area contributed by atoms with Gasteiger partial charge in [0.15, 0.2) is 0 Å². The molecule has 14 heteroatoms. The highest BCUT2D eigenvalue weighted by atomic mass is 19.1. The van der Waals surface area contributed by atoms with Crippen molar-refractivity contribution in [2.24, 2.45) is 5.73 Å². The van der Waals surface area contributed by atoms with Crippen molar-refractivity contribution >= 4 is 23.1 Å². The molecule has 1 aliphatic rings. The Morgan fingerprint density at radius 3 is 1.48 bits per heavy atom. The van der Waals surface area contributed by atoms with Gasteiger partial charge in [-0.25, -0.2) is 18.7 Å². The summed E-state index contributed by atoms with van der Waals surface area (Å²) in [6.45, 7) is 3.38. The van der Waals surface area contributed by atoms with Crippen LogP contribution in [0.1, 0.15) is 58.0 Å². The number of fused-ring (bicyclic) bond motifs is 3. The molecule has 1 aliphatic heterocycles. The van der Waals surface area contributed by atoms with Gasteiger partial charge >= 0.3 is 0 Å². The predicted molar refractivity (Wildman–Crippen MR) is 187 cm³/mol. The summed E-state index contributed by atoms with van der Waals surface area (Å²) in [5.41, 5.74) is 8.02. The van der Waals surface area contributed by atoms with Crippen molar-refractivity contribution in [2.75, 3.05) is 0 Å². The molecule has 2 N–H and O–H groups in total. The van der Waals surface area contributed by atoms with E-state index in [1.165, 1.54) is 34.9 Å². The first-order chi connectivity index (χ1) is 25.0. The Labute approximate surface area is 293 Å². The van der Waals surface area contributed by atoms with Crippen LogP contribution in [-0.4, -0.2) is 45.5 Å². The van der Waals surface area contributed by atoms with Crippen molar-refractivity contribution < 1.29 is 18.4 Å². The fourth-order valence-electron chi connectivity index (χ4n) is 6.08.